The third-order valence-corrected chi connectivity index (χ3v) is 2.03. The molecule has 0 N–H and O–H groups in total. The third-order valence-electron chi connectivity index (χ3n) is 2.03. The summed E-state index contributed by atoms with van der Waals surface area (Å²) >= 11 is 0. The summed E-state index contributed by atoms with van der Waals surface area (Å²) in [7, 11) is 0. The van der Waals surface area contributed by atoms with Crippen molar-refractivity contribution in [2.45, 2.75) is 13.8 Å². The lowest BCUT2D eigenvalue weighted by molar-refractivity contribution is -0.138. The van der Waals surface area contributed by atoms with Gasteiger partial charge in [-0.05, 0) is 19.4 Å². The molecule has 0 spiro atoms. The molecule has 1 rings (SSSR count). The Bertz CT molecular complexity index is 388. The number of allylic oxidation sites excluding steroid dienone is 2. The first-order valence-electron chi connectivity index (χ1n) is 5.31. The monoisotopic (exact) mass is 216 g/mol. The summed E-state index contributed by atoms with van der Waals surface area (Å²) < 4.78 is 4.87. The number of esters is 1. The van der Waals surface area contributed by atoms with E-state index in [1.165, 1.54) is 0 Å². The maximum atomic E-state index is 11.3. The molecule has 1 aromatic carbocycles. The molecular formula is C14H16O2. The lowest BCUT2D eigenvalue weighted by atomic mass is 10.2. The smallest absolute Gasteiger partial charge is 0.333 e. The van der Waals surface area contributed by atoms with Crippen molar-refractivity contribution < 1.29 is 9.53 Å². The van der Waals surface area contributed by atoms with E-state index in [2.05, 4.69) is 0 Å². The van der Waals surface area contributed by atoms with Crippen LogP contribution in [-0.4, -0.2) is 12.6 Å². The van der Waals surface area contributed by atoms with Gasteiger partial charge in [0.15, 0.2) is 0 Å². The summed E-state index contributed by atoms with van der Waals surface area (Å²) in [5, 5.41) is 0. The van der Waals surface area contributed by atoms with Gasteiger partial charge in [-0.15, -0.1) is 0 Å². The number of ether oxygens (including phenoxy) is 1. The van der Waals surface area contributed by atoms with Crippen LogP contribution in [0, 0.1) is 0 Å². The summed E-state index contributed by atoms with van der Waals surface area (Å²) in [5.74, 6) is -0.264. The topological polar surface area (TPSA) is 26.3 Å². The van der Waals surface area contributed by atoms with E-state index >= 15 is 0 Å². The van der Waals surface area contributed by atoms with Gasteiger partial charge in [0.1, 0.15) is 0 Å². The van der Waals surface area contributed by atoms with Gasteiger partial charge in [-0.3, -0.25) is 0 Å². The molecule has 0 unspecified atom stereocenters. The van der Waals surface area contributed by atoms with Crippen molar-refractivity contribution in [1.29, 1.82) is 0 Å². The number of hydrogen-bond acceptors (Lipinski definition) is 2. The zero-order valence-electron chi connectivity index (χ0n) is 9.64. The molecule has 2 nitrogen and oxygen atoms in total. The van der Waals surface area contributed by atoms with Crippen molar-refractivity contribution in [3.63, 3.8) is 0 Å². The first-order chi connectivity index (χ1) is 7.74. The zero-order valence-corrected chi connectivity index (χ0v) is 9.64. The quantitative estimate of drug-likeness (QED) is 0.439. The molecule has 0 aliphatic rings. The summed E-state index contributed by atoms with van der Waals surface area (Å²) in [6, 6.07) is 9.92. The number of hydrogen-bond donors (Lipinski definition) is 0. The van der Waals surface area contributed by atoms with Gasteiger partial charge >= 0.3 is 5.97 Å². The minimum atomic E-state index is -0.264. The summed E-state index contributed by atoms with van der Waals surface area (Å²) in [6.45, 7) is 3.95. The molecule has 0 aliphatic heterocycles. The van der Waals surface area contributed by atoms with Gasteiger partial charge in [-0.25, -0.2) is 4.79 Å². The normalized spacial score (nSPS) is 11.8. The van der Waals surface area contributed by atoms with Crippen LogP contribution in [0.4, 0.5) is 0 Å². The first kappa shape index (κ1) is 12.2. The van der Waals surface area contributed by atoms with E-state index < -0.39 is 0 Å². The Morgan fingerprint density at radius 1 is 1.31 bits per heavy atom. The Labute approximate surface area is 96.2 Å². The SMILES string of the molecule is CCOC(=O)/C(C)=C\C=C/c1ccccc1. The minimum absolute atomic E-state index is 0.264. The Balaban J connectivity index is 2.59. The molecule has 0 heterocycles. The number of benzene rings is 1. The molecule has 0 radical (unpaired) electrons. The maximum absolute atomic E-state index is 11.3. The van der Waals surface area contributed by atoms with Crippen LogP contribution in [0.3, 0.4) is 0 Å². The van der Waals surface area contributed by atoms with Crippen LogP contribution in [0.25, 0.3) is 6.08 Å². The van der Waals surface area contributed by atoms with E-state index in [1.54, 1.807) is 19.9 Å². The molecule has 0 atom stereocenters. The van der Waals surface area contributed by atoms with Gasteiger partial charge in [0.05, 0.1) is 6.61 Å². The largest absolute Gasteiger partial charge is 0.463 e. The molecule has 16 heavy (non-hydrogen) atoms. The van der Waals surface area contributed by atoms with Crippen LogP contribution >= 0.6 is 0 Å². The Hall–Kier alpha value is -1.83. The van der Waals surface area contributed by atoms with Gasteiger partial charge in [0.2, 0.25) is 0 Å². The van der Waals surface area contributed by atoms with E-state index in [4.69, 9.17) is 4.74 Å². The second kappa shape index (κ2) is 6.62. The highest BCUT2D eigenvalue weighted by Gasteiger charge is 2.01. The molecule has 1 aromatic rings. The summed E-state index contributed by atoms with van der Waals surface area (Å²) in [6.07, 6.45) is 5.55. The molecule has 0 amide bonds. The Morgan fingerprint density at radius 3 is 2.62 bits per heavy atom. The Kier molecular flexibility index (Phi) is 5.06. The first-order valence-corrected chi connectivity index (χ1v) is 5.31. The molecule has 0 saturated carbocycles. The van der Waals surface area contributed by atoms with Crippen molar-refractivity contribution in [3.8, 4) is 0 Å². The van der Waals surface area contributed by atoms with E-state index in [-0.39, 0.29) is 5.97 Å². The molecule has 0 fully saturated rings. The standard InChI is InChI=1S/C14H16O2/c1-3-16-14(15)12(2)8-7-11-13-9-5-4-6-10-13/h4-11H,3H2,1-2H3/b11-7-,12-8-. The van der Waals surface area contributed by atoms with Gasteiger partial charge < -0.3 is 4.74 Å². The summed E-state index contributed by atoms with van der Waals surface area (Å²) in [5.41, 5.74) is 1.71. The van der Waals surface area contributed by atoms with E-state index in [1.807, 2.05) is 42.5 Å². The van der Waals surface area contributed by atoms with Crippen molar-refractivity contribution >= 4 is 12.0 Å². The molecule has 0 bridgehead atoms. The molecular weight excluding hydrogens is 200 g/mol. The van der Waals surface area contributed by atoms with Crippen LogP contribution in [0.1, 0.15) is 19.4 Å². The number of carbonyl (C=O) groups excluding carboxylic acids is 1. The highest BCUT2D eigenvalue weighted by atomic mass is 16.5. The van der Waals surface area contributed by atoms with Crippen LogP contribution in [-0.2, 0) is 9.53 Å². The van der Waals surface area contributed by atoms with Crippen LogP contribution in [0.15, 0.2) is 48.1 Å². The maximum Gasteiger partial charge on any atom is 0.333 e. The summed E-state index contributed by atoms with van der Waals surface area (Å²) in [4.78, 5) is 11.3. The van der Waals surface area contributed by atoms with Crippen LogP contribution < -0.4 is 0 Å². The fraction of sp³-hybridized carbons (Fsp3) is 0.214. The average molecular weight is 216 g/mol. The Morgan fingerprint density at radius 2 is 2.00 bits per heavy atom. The van der Waals surface area contributed by atoms with Gasteiger partial charge in [-0.1, -0.05) is 48.6 Å². The second-order valence-electron chi connectivity index (χ2n) is 3.34. The van der Waals surface area contributed by atoms with E-state index in [0.717, 1.165) is 5.56 Å². The number of carbonyl (C=O) groups is 1. The highest BCUT2D eigenvalue weighted by Crippen LogP contribution is 2.03. The molecule has 0 aromatic heterocycles. The highest BCUT2D eigenvalue weighted by molar-refractivity contribution is 5.88. The van der Waals surface area contributed by atoms with Gasteiger partial charge in [0.25, 0.3) is 0 Å². The van der Waals surface area contributed by atoms with Crippen molar-refractivity contribution in [3.05, 3.63) is 53.6 Å². The van der Waals surface area contributed by atoms with Crippen LogP contribution in [0.5, 0.6) is 0 Å². The van der Waals surface area contributed by atoms with Crippen molar-refractivity contribution in [2.24, 2.45) is 0 Å². The lowest BCUT2D eigenvalue weighted by Gasteiger charge is -1.99. The minimum Gasteiger partial charge on any atom is -0.463 e. The zero-order chi connectivity index (χ0) is 11.8. The van der Waals surface area contributed by atoms with Gasteiger partial charge in [-0.2, -0.15) is 0 Å². The van der Waals surface area contributed by atoms with Gasteiger partial charge in [0, 0.05) is 5.57 Å². The molecule has 0 saturated heterocycles. The lowest BCUT2D eigenvalue weighted by Crippen LogP contribution is -2.04. The number of rotatable bonds is 4. The van der Waals surface area contributed by atoms with E-state index in [9.17, 15) is 4.79 Å². The second-order valence-corrected chi connectivity index (χ2v) is 3.34. The molecule has 2 heteroatoms. The van der Waals surface area contributed by atoms with Crippen molar-refractivity contribution in [1.82, 2.24) is 0 Å². The molecule has 0 aliphatic carbocycles. The van der Waals surface area contributed by atoms with Crippen LogP contribution in [0.2, 0.25) is 0 Å². The predicted molar refractivity (Wildman–Crippen MR) is 65.9 cm³/mol. The fourth-order valence-corrected chi connectivity index (χ4v) is 1.18. The van der Waals surface area contributed by atoms with Crippen molar-refractivity contribution in [2.75, 3.05) is 6.61 Å². The third kappa shape index (κ3) is 4.13. The fourth-order valence-electron chi connectivity index (χ4n) is 1.18. The average Bonchev–Trinajstić information content (AvgIpc) is 2.30. The predicted octanol–water partition coefficient (Wildman–Crippen LogP) is 3.21. The van der Waals surface area contributed by atoms with E-state index in [0.29, 0.717) is 12.2 Å². The molecule has 84 valence electrons.